The van der Waals surface area contributed by atoms with Crippen molar-refractivity contribution in [3.63, 3.8) is 0 Å². The van der Waals surface area contributed by atoms with E-state index in [9.17, 15) is 5.11 Å². The molecule has 1 aliphatic carbocycles. The van der Waals surface area contributed by atoms with E-state index >= 15 is 0 Å². The van der Waals surface area contributed by atoms with Gasteiger partial charge in [-0.05, 0) is 18.9 Å². The lowest BCUT2D eigenvalue weighted by molar-refractivity contribution is 0.369. The fourth-order valence-corrected chi connectivity index (χ4v) is 1.92. The number of ether oxygens (including phenoxy) is 1. The first-order valence-corrected chi connectivity index (χ1v) is 5.05. The molecule has 1 aliphatic rings. The second-order valence-electron chi connectivity index (χ2n) is 3.73. The van der Waals surface area contributed by atoms with Gasteiger partial charge in [-0.1, -0.05) is 17.5 Å². The zero-order chi connectivity index (χ0) is 11.1. The summed E-state index contributed by atoms with van der Waals surface area (Å²) in [7, 11) is 1.49. The normalized spacial score (nSPS) is 16.9. The number of hydrogen-bond donors (Lipinski definition) is 1. The van der Waals surface area contributed by atoms with Crippen LogP contribution >= 0.6 is 11.6 Å². The smallest absolute Gasteiger partial charge is 0.162 e. The van der Waals surface area contributed by atoms with E-state index in [1.54, 1.807) is 12.1 Å². The lowest BCUT2D eigenvalue weighted by Gasteiger charge is -2.13. The minimum atomic E-state index is -0.331. The Morgan fingerprint density at radius 2 is 2.20 bits per heavy atom. The zero-order valence-electron chi connectivity index (χ0n) is 8.38. The standard InChI is InChI=1S/C12H11ClO2/c1-3-12(4-5-12)9-6-8(13)7-10(15-2)11(9)14/h1,6-7,14H,4-5H2,2H3. The molecule has 0 aliphatic heterocycles. The molecule has 1 saturated carbocycles. The summed E-state index contributed by atoms with van der Waals surface area (Å²) in [6, 6.07) is 3.29. The molecule has 0 amide bonds. The van der Waals surface area contributed by atoms with Crippen molar-refractivity contribution in [2.24, 2.45) is 0 Å². The summed E-state index contributed by atoms with van der Waals surface area (Å²) in [4.78, 5) is 0. The number of rotatable bonds is 2. The molecule has 0 saturated heterocycles. The Kier molecular flexibility index (Phi) is 2.28. The average molecular weight is 223 g/mol. The average Bonchev–Trinajstić information content (AvgIpc) is 3.01. The number of hydrogen-bond acceptors (Lipinski definition) is 2. The maximum Gasteiger partial charge on any atom is 0.162 e. The second kappa shape index (κ2) is 3.36. The highest BCUT2D eigenvalue weighted by atomic mass is 35.5. The molecule has 0 heterocycles. The Hall–Kier alpha value is -1.33. The summed E-state index contributed by atoms with van der Waals surface area (Å²) in [5, 5.41) is 10.5. The van der Waals surface area contributed by atoms with Gasteiger partial charge in [0.25, 0.3) is 0 Å². The minimum Gasteiger partial charge on any atom is -0.504 e. The van der Waals surface area contributed by atoms with E-state index in [4.69, 9.17) is 22.8 Å². The van der Waals surface area contributed by atoms with Crippen molar-refractivity contribution in [2.75, 3.05) is 7.11 Å². The summed E-state index contributed by atoms with van der Waals surface area (Å²) >= 11 is 5.93. The van der Waals surface area contributed by atoms with Crippen molar-refractivity contribution in [3.8, 4) is 23.8 Å². The number of phenols is 1. The predicted molar refractivity (Wildman–Crippen MR) is 59.4 cm³/mol. The van der Waals surface area contributed by atoms with Gasteiger partial charge >= 0.3 is 0 Å². The van der Waals surface area contributed by atoms with E-state index in [0.717, 1.165) is 12.8 Å². The van der Waals surface area contributed by atoms with Crippen molar-refractivity contribution in [3.05, 3.63) is 22.7 Å². The van der Waals surface area contributed by atoms with Crippen LogP contribution in [0.3, 0.4) is 0 Å². The number of methoxy groups -OCH3 is 1. The van der Waals surface area contributed by atoms with Crippen LogP contribution in [0.1, 0.15) is 18.4 Å². The van der Waals surface area contributed by atoms with Crippen LogP contribution < -0.4 is 4.74 Å². The largest absolute Gasteiger partial charge is 0.504 e. The van der Waals surface area contributed by atoms with E-state index in [0.29, 0.717) is 16.3 Å². The number of benzene rings is 1. The highest BCUT2D eigenvalue weighted by molar-refractivity contribution is 6.30. The fraction of sp³-hybridized carbons (Fsp3) is 0.333. The number of aromatic hydroxyl groups is 1. The molecule has 0 aromatic heterocycles. The Balaban J connectivity index is 2.57. The third-order valence-electron chi connectivity index (χ3n) is 2.80. The number of terminal acetylenes is 1. The van der Waals surface area contributed by atoms with Crippen molar-refractivity contribution < 1.29 is 9.84 Å². The number of phenolic OH excluding ortho intramolecular Hbond substituents is 1. The van der Waals surface area contributed by atoms with Gasteiger partial charge in [0.15, 0.2) is 11.5 Å². The van der Waals surface area contributed by atoms with E-state index < -0.39 is 0 Å². The molecule has 15 heavy (non-hydrogen) atoms. The molecule has 0 radical (unpaired) electrons. The van der Waals surface area contributed by atoms with Crippen LogP contribution in [0.15, 0.2) is 12.1 Å². The van der Waals surface area contributed by atoms with Crippen LogP contribution in [0, 0.1) is 12.3 Å². The van der Waals surface area contributed by atoms with Crippen LogP contribution in [0.25, 0.3) is 0 Å². The number of halogens is 1. The first kappa shape index (κ1) is 10.2. The van der Waals surface area contributed by atoms with Crippen molar-refractivity contribution >= 4 is 11.6 Å². The third kappa shape index (κ3) is 1.53. The first-order valence-electron chi connectivity index (χ1n) is 4.68. The van der Waals surface area contributed by atoms with E-state index in [1.807, 2.05) is 0 Å². The van der Waals surface area contributed by atoms with Gasteiger partial charge in [0.1, 0.15) is 0 Å². The Labute approximate surface area is 93.8 Å². The van der Waals surface area contributed by atoms with Crippen LogP contribution in [0.5, 0.6) is 11.5 Å². The molecule has 3 heteroatoms. The third-order valence-corrected chi connectivity index (χ3v) is 3.02. The molecule has 0 spiro atoms. The molecule has 1 aromatic carbocycles. The molecule has 0 unspecified atom stereocenters. The lowest BCUT2D eigenvalue weighted by atomic mass is 9.95. The summed E-state index contributed by atoms with van der Waals surface area (Å²) in [6.07, 6.45) is 7.25. The lowest BCUT2D eigenvalue weighted by Crippen LogP contribution is -2.03. The molecular formula is C12H11ClO2. The second-order valence-corrected chi connectivity index (χ2v) is 4.17. The fourth-order valence-electron chi connectivity index (χ4n) is 1.71. The molecule has 1 fully saturated rings. The van der Waals surface area contributed by atoms with Crippen LogP contribution in [0.4, 0.5) is 0 Å². The highest BCUT2D eigenvalue weighted by Gasteiger charge is 2.45. The van der Waals surface area contributed by atoms with Crippen LogP contribution in [-0.2, 0) is 5.41 Å². The minimum absolute atomic E-state index is 0.109. The quantitative estimate of drug-likeness (QED) is 0.780. The maximum absolute atomic E-state index is 9.94. The van der Waals surface area contributed by atoms with E-state index in [1.165, 1.54) is 7.11 Å². The van der Waals surface area contributed by atoms with Gasteiger partial charge in [-0.15, -0.1) is 6.42 Å². The Morgan fingerprint density at radius 1 is 1.53 bits per heavy atom. The molecule has 2 rings (SSSR count). The molecular weight excluding hydrogens is 212 g/mol. The van der Waals surface area contributed by atoms with Gasteiger partial charge in [-0.3, -0.25) is 0 Å². The van der Waals surface area contributed by atoms with Gasteiger partial charge in [0.05, 0.1) is 12.5 Å². The SMILES string of the molecule is C#CC1(c2cc(Cl)cc(OC)c2O)CC1. The highest BCUT2D eigenvalue weighted by Crippen LogP contribution is 2.53. The van der Waals surface area contributed by atoms with E-state index in [-0.39, 0.29) is 11.2 Å². The summed E-state index contributed by atoms with van der Waals surface area (Å²) in [5.41, 5.74) is 0.372. The first-order chi connectivity index (χ1) is 7.13. The monoisotopic (exact) mass is 222 g/mol. The van der Waals surface area contributed by atoms with Gasteiger partial charge in [-0.2, -0.15) is 0 Å². The molecule has 1 aromatic rings. The molecule has 78 valence electrons. The maximum atomic E-state index is 9.94. The molecule has 0 bridgehead atoms. The van der Waals surface area contributed by atoms with E-state index in [2.05, 4.69) is 5.92 Å². The van der Waals surface area contributed by atoms with Gasteiger partial charge in [0.2, 0.25) is 0 Å². The van der Waals surface area contributed by atoms with Crippen LogP contribution in [-0.4, -0.2) is 12.2 Å². The Morgan fingerprint density at radius 3 is 2.67 bits per heavy atom. The van der Waals surface area contributed by atoms with Gasteiger partial charge in [0, 0.05) is 16.7 Å². The predicted octanol–water partition coefficient (Wildman–Crippen LogP) is 2.72. The zero-order valence-corrected chi connectivity index (χ0v) is 9.14. The van der Waals surface area contributed by atoms with Crippen LogP contribution in [0.2, 0.25) is 5.02 Å². The van der Waals surface area contributed by atoms with Gasteiger partial charge < -0.3 is 9.84 Å². The van der Waals surface area contributed by atoms with Crippen molar-refractivity contribution in [1.82, 2.24) is 0 Å². The van der Waals surface area contributed by atoms with Gasteiger partial charge in [-0.25, -0.2) is 0 Å². The summed E-state index contributed by atoms with van der Waals surface area (Å²) < 4.78 is 5.03. The summed E-state index contributed by atoms with van der Waals surface area (Å²) in [5.74, 6) is 3.20. The summed E-state index contributed by atoms with van der Waals surface area (Å²) in [6.45, 7) is 0. The topological polar surface area (TPSA) is 29.5 Å². The molecule has 0 atom stereocenters. The molecule has 2 nitrogen and oxygen atoms in total. The molecule has 1 N–H and O–H groups in total. The Bertz CT molecular complexity index is 442. The van der Waals surface area contributed by atoms with Crippen molar-refractivity contribution in [2.45, 2.75) is 18.3 Å². The van der Waals surface area contributed by atoms with Crippen molar-refractivity contribution in [1.29, 1.82) is 0 Å².